The topological polar surface area (TPSA) is 48.2 Å². The van der Waals surface area contributed by atoms with Crippen molar-refractivity contribution in [3.8, 4) is 0 Å². The molecular formula is C4H7NO2. The number of nitrogens with one attached hydrogen (secondary N) is 1. The molecular weight excluding hydrogens is 94.0 g/mol. The monoisotopic (exact) mass is 101 g/mol. The zero-order valence-electron chi connectivity index (χ0n) is 4.10. The van der Waals surface area contributed by atoms with Crippen LogP contribution in [0, 0.1) is 0 Å². The zero-order chi connectivity index (χ0) is 5.28. The molecule has 1 saturated heterocycles. The Bertz CT molecular complexity index is 87.7. The summed E-state index contributed by atoms with van der Waals surface area (Å²) < 4.78 is 4.37. The maximum absolute atomic E-state index is 10.3. The van der Waals surface area contributed by atoms with E-state index >= 15 is 0 Å². The third-order valence-electron chi connectivity index (χ3n) is 0.894. The van der Waals surface area contributed by atoms with Gasteiger partial charge in [0.25, 0.3) is 0 Å². The van der Waals surface area contributed by atoms with Crippen LogP contribution < -0.4 is 5.32 Å². The van der Waals surface area contributed by atoms with Crippen LogP contribution in [-0.2, 0) is 9.53 Å². The van der Waals surface area contributed by atoms with Crippen molar-refractivity contribution in [1.29, 1.82) is 0 Å². The molecule has 0 aromatic carbocycles. The lowest BCUT2D eigenvalue weighted by molar-refractivity contribution is -0.139. The minimum absolute atomic E-state index is 0.00463. The molecule has 0 bridgehead atoms. The van der Waals surface area contributed by atoms with Gasteiger partial charge in [-0.25, -0.2) is 0 Å². The highest BCUT2D eigenvalue weighted by Crippen LogP contribution is 1.96. The lowest BCUT2D eigenvalue weighted by Crippen LogP contribution is -2.10. The van der Waals surface area contributed by atoms with Crippen molar-refractivity contribution in [2.45, 2.75) is 6.04 Å². The molecule has 1 heterocycles. The van der Waals surface area contributed by atoms with Crippen LogP contribution in [0.3, 0.4) is 0 Å². The van der Waals surface area contributed by atoms with Gasteiger partial charge >= 0.3 is 5.97 Å². The molecule has 0 aliphatic carbocycles. The first-order valence-corrected chi connectivity index (χ1v) is 2.16. The minimum atomic E-state index is -0.153. The van der Waals surface area contributed by atoms with Crippen molar-refractivity contribution in [2.75, 3.05) is 13.7 Å². The average molecular weight is 101 g/mol. The number of ether oxygens (including phenoxy) is 1. The second-order valence-electron chi connectivity index (χ2n) is 1.48. The lowest BCUT2D eigenvalue weighted by atomic mass is 10.5. The van der Waals surface area contributed by atoms with Crippen LogP contribution in [0.5, 0.6) is 0 Å². The van der Waals surface area contributed by atoms with E-state index in [1.54, 1.807) is 0 Å². The summed E-state index contributed by atoms with van der Waals surface area (Å²) in [5.74, 6) is -0.153. The van der Waals surface area contributed by atoms with Gasteiger partial charge in [0.1, 0.15) is 6.04 Å². The van der Waals surface area contributed by atoms with E-state index in [1.807, 2.05) is 0 Å². The van der Waals surface area contributed by atoms with E-state index in [9.17, 15) is 4.79 Å². The molecule has 0 aromatic heterocycles. The fraction of sp³-hybridized carbons (Fsp3) is 0.750. The standard InChI is InChI=1S/C4H7NO2/c1-7-4(6)3-2-5-3/h3,5H,2H2,1H3/t3-/m1/s1. The van der Waals surface area contributed by atoms with Crippen LogP contribution in [0.2, 0.25) is 0 Å². The summed E-state index contributed by atoms with van der Waals surface area (Å²) in [6.45, 7) is 0.784. The van der Waals surface area contributed by atoms with E-state index in [2.05, 4.69) is 10.1 Å². The van der Waals surface area contributed by atoms with E-state index < -0.39 is 0 Å². The Hall–Kier alpha value is -0.570. The second-order valence-corrected chi connectivity index (χ2v) is 1.48. The quantitative estimate of drug-likeness (QED) is 0.345. The van der Waals surface area contributed by atoms with Crippen LogP contribution in [-0.4, -0.2) is 25.7 Å². The highest BCUT2D eigenvalue weighted by molar-refractivity contribution is 5.78. The van der Waals surface area contributed by atoms with Gasteiger partial charge in [0.15, 0.2) is 0 Å². The first kappa shape index (κ1) is 4.59. The van der Waals surface area contributed by atoms with Crippen molar-refractivity contribution in [1.82, 2.24) is 5.32 Å². The van der Waals surface area contributed by atoms with E-state index in [4.69, 9.17) is 0 Å². The van der Waals surface area contributed by atoms with E-state index in [-0.39, 0.29) is 12.0 Å². The largest absolute Gasteiger partial charge is 0.468 e. The van der Waals surface area contributed by atoms with Crippen molar-refractivity contribution < 1.29 is 9.53 Å². The summed E-state index contributed by atoms with van der Waals surface area (Å²) in [6.07, 6.45) is 0. The van der Waals surface area contributed by atoms with Gasteiger partial charge in [-0.2, -0.15) is 0 Å². The van der Waals surface area contributed by atoms with Gasteiger partial charge in [0, 0.05) is 6.54 Å². The third kappa shape index (κ3) is 0.899. The van der Waals surface area contributed by atoms with Crippen molar-refractivity contribution in [3.63, 3.8) is 0 Å². The van der Waals surface area contributed by atoms with Crippen LogP contribution in [0.15, 0.2) is 0 Å². The number of rotatable bonds is 1. The highest BCUT2D eigenvalue weighted by atomic mass is 16.5. The summed E-state index contributed by atoms with van der Waals surface area (Å²) >= 11 is 0. The Morgan fingerprint density at radius 2 is 2.57 bits per heavy atom. The van der Waals surface area contributed by atoms with Gasteiger partial charge in [-0.05, 0) is 0 Å². The first-order valence-electron chi connectivity index (χ1n) is 2.16. The van der Waals surface area contributed by atoms with Crippen LogP contribution in [0.1, 0.15) is 0 Å². The molecule has 3 nitrogen and oxygen atoms in total. The molecule has 1 aliphatic heterocycles. The van der Waals surface area contributed by atoms with Gasteiger partial charge in [0.05, 0.1) is 7.11 Å². The first-order chi connectivity index (χ1) is 3.34. The second kappa shape index (κ2) is 1.50. The molecule has 0 amide bonds. The van der Waals surface area contributed by atoms with Crippen molar-refractivity contribution in [3.05, 3.63) is 0 Å². The van der Waals surface area contributed by atoms with Gasteiger partial charge in [-0.1, -0.05) is 0 Å². The van der Waals surface area contributed by atoms with Crippen LogP contribution in [0.25, 0.3) is 0 Å². The molecule has 0 spiro atoms. The Morgan fingerprint density at radius 1 is 2.00 bits per heavy atom. The Balaban J connectivity index is 2.24. The fourth-order valence-corrected chi connectivity index (χ4v) is 0.368. The summed E-state index contributed by atoms with van der Waals surface area (Å²) in [4.78, 5) is 10.3. The summed E-state index contributed by atoms with van der Waals surface area (Å²) in [6, 6.07) is 0.00463. The summed E-state index contributed by atoms with van der Waals surface area (Å²) in [7, 11) is 1.39. The molecule has 1 fully saturated rings. The number of methoxy groups -OCH3 is 1. The fourth-order valence-electron chi connectivity index (χ4n) is 0.368. The average Bonchev–Trinajstić information content (AvgIpc) is 2.44. The predicted octanol–water partition coefficient (Wildman–Crippen LogP) is -0.869. The molecule has 1 aliphatic rings. The third-order valence-corrected chi connectivity index (χ3v) is 0.894. The maximum atomic E-state index is 10.3. The molecule has 0 radical (unpaired) electrons. The van der Waals surface area contributed by atoms with Gasteiger partial charge in [-0.3, -0.25) is 4.79 Å². The molecule has 0 saturated carbocycles. The molecule has 0 unspecified atom stereocenters. The molecule has 1 N–H and O–H groups in total. The van der Waals surface area contributed by atoms with E-state index in [0.717, 1.165) is 6.54 Å². The Morgan fingerprint density at radius 3 is 2.71 bits per heavy atom. The number of esters is 1. The lowest BCUT2D eigenvalue weighted by Gasteiger charge is -1.88. The molecule has 1 rings (SSSR count). The minimum Gasteiger partial charge on any atom is -0.468 e. The molecule has 0 aromatic rings. The summed E-state index contributed by atoms with van der Waals surface area (Å²) in [5.41, 5.74) is 0. The molecule has 3 heteroatoms. The molecule has 7 heavy (non-hydrogen) atoms. The number of carbonyl (C=O) groups excluding carboxylic acids is 1. The van der Waals surface area contributed by atoms with E-state index in [1.165, 1.54) is 7.11 Å². The van der Waals surface area contributed by atoms with Gasteiger partial charge in [-0.15, -0.1) is 0 Å². The normalized spacial score (nSPS) is 26.7. The predicted molar refractivity (Wildman–Crippen MR) is 23.8 cm³/mol. The van der Waals surface area contributed by atoms with Crippen molar-refractivity contribution in [2.24, 2.45) is 0 Å². The SMILES string of the molecule is COC(=O)[C@H]1CN1. The zero-order valence-corrected chi connectivity index (χ0v) is 4.10. The Labute approximate surface area is 41.7 Å². The van der Waals surface area contributed by atoms with Crippen LogP contribution in [0.4, 0.5) is 0 Å². The summed E-state index contributed by atoms with van der Waals surface area (Å²) in [5, 5.41) is 2.81. The number of hydrogen-bond acceptors (Lipinski definition) is 3. The maximum Gasteiger partial charge on any atom is 0.324 e. The highest BCUT2D eigenvalue weighted by Gasteiger charge is 2.29. The van der Waals surface area contributed by atoms with Crippen LogP contribution >= 0.6 is 0 Å². The number of hydrogen-bond donors (Lipinski definition) is 1. The van der Waals surface area contributed by atoms with E-state index in [0.29, 0.717) is 0 Å². The smallest absolute Gasteiger partial charge is 0.324 e. The molecule has 1 atom stereocenters. The molecule has 40 valence electrons. The Kier molecular flexibility index (Phi) is 0.982. The van der Waals surface area contributed by atoms with Gasteiger partial charge < -0.3 is 10.1 Å². The van der Waals surface area contributed by atoms with Gasteiger partial charge in [0.2, 0.25) is 0 Å². The van der Waals surface area contributed by atoms with Crippen molar-refractivity contribution >= 4 is 5.97 Å². The number of carbonyl (C=O) groups is 1.